The van der Waals surface area contributed by atoms with Gasteiger partial charge in [0.1, 0.15) is 0 Å². The second-order valence-corrected chi connectivity index (χ2v) is 17.3. The summed E-state index contributed by atoms with van der Waals surface area (Å²) in [5.74, 6) is 3.40. The molecule has 6 bridgehead atoms. The predicted molar refractivity (Wildman–Crippen MR) is 148 cm³/mol. The van der Waals surface area contributed by atoms with E-state index in [0.717, 1.165) is 42.9 Å². The molecular formula is C34H58O2. The average Bonchev–Trinajstić information content (AvgIpc) is 2.79. The maximum atomic E-state index is 11.2. The SMILES string of the molecule is CCCC(O)OC12CC(CCC1(C)C1(C)CCC3CC1(C1(C)CCC4CC1C4(C)C)C3(C)C)C2(C)C. The van der Waals surface area contributed by atoms with E-state index in [0.29, 0.717) is 21.7 Å². The molecule has 9 saturated carbocycles. The zero-order chi connectivity index (χ0) is 26.4. The lowest BCUT2D eigenvalue weighted by molar-refractivity contribution is -0.430. The molecule has 0 amide bonds. The third-order valence-corrected chi connectivity index (χ3v) is 16.4. The van der Waals surface area contributed by atoms with Gasteiger partial charge in [-0.3, -0.25) is 0 Å². The normalized spacial score (nSPS) is 56.1. The standard InChI is InChI=1S/C34H58O2/c1-11-12-26(35)36-34-21-24(29(34,6)7)15-18-32(34,10)31(9)17-14-23-20-33(31,28(23,4)5)30(8)16-13-22-19-25(30)27(22,2)3/h22-26,35H,11-21H2,1-10H3. The molecule has 0 aromatic carbocycles. The summed E-state index contributed by atoms with van der Waals surface area (Å²) < 4.78 is 7.07. The molecule has 9 rings (SSSR count). The number of aliphatic hydroxyl groups is 1. The Labute approximate surface area is 223 Å². The molecule has 10 unspecified atom stereocenters. The largest absolute Gasteiger partial charge is 0.368 e. The minimum absolute atomic E-state index is 0.0728. The van der Waals surface area contributed by atoms with E-state index in [-0.39, 0.29) is 21.8 Å². The lowest BCUT2D eigenvalue weighted by Crippen LogP contribution is -2.84. The summed E-state index contributed by atoms with van der Waals surface area (Å²) in [4.78, 5) is 0. The minimum atomic E-state index is -0.630. The summed E-state index contributed by atoms with van der Waals surface area (Å²) >= 11 is 0. The lowest BCUT2D eigenvalue weighted by Gasteiger charge is -2.88. The highest BCUT2D eigenvalue weighted by atomic mass is 16.6. The van der Waals surface area contributed by atoms with Crippen molar-refractivity contribution in [2.45, 2.75) is 152 Å². The maximum Gasteiger partial charge on any atom is 0.155 e. The van der Waals surface area contributed by atoms with Crippen LogP contribution in [-0.4, -0.2) is 17.0 Å². The first-order valence-corrected chi connectivity index (χ1v) is 15.9. The van der Waals surface area contributed by atoms with Gasteiger partial charge in [-0.2, -0.15) is 0 Å². The molecule has 0 aromatic rings. The van der Waals surface area contributed by atoms with Crippen molar-refractivity contribution < 1.29 is 9.84 Å². The highest BCUT2D eigenvalue weighted by Gasteiger charge is 2.86. The molecule has 0 saturated heterocycles. The van der Waals surface area contributed by atoms with Crippen molar-refractivity contribution in [3.05, 3.63) is 0 Å². The van der Waals surface area contributed by atoms with Gasteiger partial charge < -0.3 is 9.84 Å². The first-order chi connectivity index (χ1) is 16.5. The fourth-order valence-electron chi connectivity index (χ4n) is 14.0. The van der Waals surface area contributed by atoms with Gasteiger partial charge in [0.15, 0.2) is 6.29 Å². The van der Waals surface area contributed by atoms with Crippen LogP contribution in [0.4, 0.5) is 0 Å². The Morgan fingerprint density at radius 3 is 1.86 bits per heavy atom. The van der Waals surface area contributed by atoms with E-state index >= 15 is 0 Å². The summed E-state index contributed by atoms with van der Waals surface area (Å²) in [6.45, 7) is 25.9. The zero-order valence-electron chi connectivity index (χ0n) is 25.5. The van der Waals surface area contributed by atoms with E-state index in [9.17, 15) is 5.11 Å². The van der Waals surface area contributed by atoms with E-state index in [1.165, 1.54) is 51.4 Å². The molecule has 9 fully saturated rings. The Morgan fingerprint density at radius 1 is 0.750 bits per heavy atom. The Bertz CT molecular complexity index is 931. The summed E-state index contributed by atoms with van der Waals surface area (Å²) in [6.07, 6.45) is 13.3. The van der Waals surface area contributed by atoms with Gasteiger partial charge >= 0.3 is 0 Å². The molecule has 0 radical (unpaired) electrons. The molecule has 2 nitrogen and oxygen atoms in total. The van der Waals surface area contributed by atoms with Gasteiger partial charge in [-0.25, -0.2) is 0 Å². The molecule has 1 N–H and O–H groups in total. The number of ether oxygens (including phenoxy) is 1. The van der Waals surface area contributed by atoms with Crippen molar-refractivity contribution in [1.29, 1.82) is 0 Å². The van der Waals surface area contributed by atoms with Crippen molar-refractivity contribution in [2.24, 2.45) is 61.6 Å². The topological polar surface area (TPSA) is 29.5 Å². The van der Waals surface area contributed by atoms with E-state index < -0.39 is 6.29 Å². The first-order valence-electron chi connectivity index (χ1n) is 15.9. The second-order valence-electron chi connectivity index (χ2n) is 17.3. The summed E-state index contributed by atoms with van der Waals surface area (Å²) in [6, 6.07) is 0. The Balaban J connectivity index is 1.52. The summed E-state index contributed by atoms with van der Waals surface area (Å²) in [7, 11) is 0. The van der Waals surface area contributed by atoms with Crippen LogP contribution in [0.3, 0.4) is 0 Å². The molecule has 2 heteroatoms. The average molecular weight is 499 g/mol. The van der Waals surface area contributed by atoms with Gasteiger partial charge in [-0.05, 0) is 120 Å². The van der Waals surface area contributed by atoms with Crippen molar-refractivity contribution in [2.75, 3.05) is 0 Å². The first kappa shape index (κ1) is 26.2. The van der Waals surface area contributed by atoms with E-state index in [2.05, 4.69) is 69.2 Å². The third-order valence-electron chi connectivity index (χ3n) is 16.4. The van der Waals surface area contributed by atoms with Crippen LogP contribution >= 0.6 is 0 Å². The molecule has 0 heterocycles. The van der Waals surface area contributed by atoms with Crippen molar-refractivity contribution in [3.63, 3.8) is 0 Å². The fourth-order valence-corrected chi connectivity index (χ4v) is 14.0. The number of fused-ring (bicyclic) bond motifs is 7. The zero-order valence-corrected chi connectivity index (χ0v) is 25.5. The highest BCUT2D eigenvalue weighted by Crippen LogP contribution is 2.90. The minimum Gasteiger partial charge on any atom is -0.368 e. The van der Waals surface area contributed by atoms with Gasteiger partial charge in [0, 0.05) is 5.41 Å². The molecule has 9 aliphatic rings. The van der Waals surface area contributed by atoms with Crippen LogP contribution in [0, 0.1) is 61.6 Å². The van der Waals surface area contributed by atoms with E-state index in [1.54, 1.807) is 0 Å². The number of aliphatic hydroxyl groups excluding tert-OH is 1. The number of hydrogen-bond donors (Lipinski definition) is 1. The fraction of sp³-hybridized carbons (Fsp3) is 1.00. The molecular weight excluding hydrogens is 440 g/mol. The molecule has 0 aromatic heterocycles. The van der Waals surface area contributed by atoms with E-state index in [1.807, 2.05) is 0 Å². The molecule has 9 aliphatic carbocycles. The third kappa shape index (κ3) is 2.39. The van der Waals surface area contributed by atoms with Gasteiger partial charge in [0.2, 0.25) is 0 Å². The Kier molecular flexibility index (Phi) is 5.20. The molecule has 206 valence electrons. The van der Waals surface area contributed by atoms with Crippen molar-refractivity contribution in [3.8, 4) is 0 Å². The second kappa shape index (κ2) is 7.16. The van der Waals surface area contributed by atoms with Crippen LogP contribution in [0.15, 0.2) is 0 Å². The van der Waals surface area contributed by atoms with Gasteiger partial charge in [-0.1, -0.05) is 75.7 Å². The van der Waals surface area contributed by atoms with Crippen molar-refractivity contribution >= 4 is 0 Å². The maximum absolute atomic E-state index is 11.2. The summed E-state index contributed by atoms with van der Waals surface area (Å²) in [5.41, 5.74) is 1.76. The Hall–Kier alpha value is -0.0800. The monoisotopic (exact) mass is 498 g/mol. The van der Waals surface area contributed by atoms with Crippen LogP contribution in [0.25, 0.3) is 0 Å². The molecule has 10 atom stereocenters. The molecule has 36 heavy (non-hydrogen) atoms. The van der Waals surface area contributed by atoms with Crippen molar-refractivity contribution in [1.82, 2.24) is 0 Å². The van der Waals surface area contributed by atoms with Crippen LogP contribution in [0.2, 0.25) is 0 Å². The van der Waals surface area contributed by atoms with Gasteiger partial charge in [0.25, 0.3) is 0 Å². The van der Waals surface area contributed by atoms with E-state index in [4.69, 9.17) is 4.74 Å². The molecule has 0 spiro atoms. The van der Waals surface area contributed by atoms with Crippen LogP contribution < -0.4 is 0 Å². The molecule has 0 aliphatic heterocycles. The predicted octanol–water partition coefficient (Wildman–Crippen LogP) is 9.00. The van der Waals surface area contributed by atoms with Crippen LogP contribution in [0.1, 0.15) is 140 Å². The quantitative estimate of drug-likeness (QED) is 0.370. The van der Waals surface area contributed by atoms with Crippen LogP contribution in [-0.2, 0) is 4.74 Å². The lowest BCUT2D eigenvalue weighted by atomic mass is 9.17. The number of hydrogen-bond acceptors (Lipinski definition) is 2. The number of rotatable bonds is 6. The highest BCUT2D eigenvalue weighted by molar-refractivity contribution is 5.34. The summed E-state index contributed by atoms with van der Waals surface area (Å²) in [5, 5.41) is 11.2. The Morgan fingerprint density at radius 2 is 1.33 bits per heavy atom. The van der Waals surface area contributed by atoms with Crippen LogP contribution in [0.5, 0.6) is 0 Å². The van der Waals surface area contributed by atoms with Gasteiger partial charge in [-0.15, -0.1) is 0 Å². The van der Waals surface area contributed by atoms with Gasteiger partial charge in [0.05, 0.1) is 5.60 Å². The smallest absolute Gasteiger partial charge is 0.155 e.